The van der Waals surface area contributed by atoms with E-state index in [0.717, 1.165) is 5.56 Å². The van der Waals surface area contributed by atoms with Gasteiger partial charge in [-0.3, -0.25) is 19.1 Å². The summed E-state index contributed by atoms with van der Waals surface area (Å²) in [6, 6.07) is 10.4. The Balaban J connectivity index is 1.66. The Morgan fingerprint density at radius 1 is 1.14 bits per heavy atom. The third-order valence-corrected chi connectivity index (χ3v) is 5.65. The lowest BCUT2D eigenvalue weighted by molar-refractivity contribution is 0.102. The van der Waals surface area contributed by atoms with E-state index in [2.05, 4.69) is 20.3 Å². The number of methoxy groups -OCH3 is 1. The molecule has 1 aromatic carbocycles. The molecule has 0 saturated carbocycles. The highest BCUT2D eigenvalue weighted by molar-refractivity contribution is 6.11. The Morgan fingerprint density at radius 2 is 1.92 bits per heavy atom. The maximum absolute atomic E-state index is 13.3. The molecular weight excluding hydrogens is 462 g/mol. The summed E-state index contributed by atoms with van der Waals surface area (Å²) in [6.07, 6.45) is 1.45. The number of anilines is 1. The van der Waals surface area contributed by atoms with Crippen LogP contribution in [0.1, 0.15) is 48.3 Å². The maximum atomic E-state index is 13.3. The minimum atomic E-state index is -0.665. The molecular formula is C26H27N5O5. The van der Waals surface area contributed by atoms with Gasteiger partial charge in [0.2, 0.25) is 5.88 Å². The zero-order valence-electron chi connectivity index (χ0n) is 20.7. The number of nitrogens with one attached hydrogen (secondary N) is 2. The van der Waals surface area contributed by atoms with Crippen LogP contribution in [0.3, 0.4) is 0 Å². The summed E-state index contributed by atoms with van der Waals surface area (Å²) in [5.74, 6) is 0.854. The second-order valence-electron chi connectivity index (χ2n) is 8.55. The Labute approximate surface area is 206 Å². The van der Waals surface area contributed by atoms with Gasteiger partial charge in [0.1, 0.15) is 0 Å². The minimum Gasteiger partial charge on any atom is -0.493 e. The van der Waals surface area contributed by atoms with E-state index >= 15 is 0 Å². The van der Waals surface area contributed by atoms with Crippen LogP contribution in [-0.2, 0) is 6.54 Å². The molecule has 0 aliphatic carbocycles. The number of pyridine rings is 2. The first-order chi connectivity index (χ1) is 17.2. The number of aryl methyl sites for hydroxylation is 2. The number of ether oxygens (including phenoxy) is 2. The summed E-state index contributed by atoms with van der Waals surface area (Å²) in [5.41, 5.74) is 1.09. The molecule has 4 aromatic rings. The average molecular weight is 490 g/mol. The number of rotatable bonds is 7. The first-order valence-corrected chi connectivity index (χ1v) is 11.5. The molecule has 186 valence electrons. The Bertz CT molecular complexity index is 1550. The van der Waals surface area contributed by atoms with E-state index in [1.165, 1.54) is 10.8 Å². The molecule has 10 nitrogen and oxygen atoms in total. The Morgan fingerprint density at radius 3 is 2.56 bits per heavy atom. The predicted molar refractivity (Wildman–Crippen MR) is 136 cm³/mol. The fourth-order valence-electron chi connectivity index (χ4n) is 3.75. The lowest BCUT2D eigenvalue weighted by Crippen LogP contribution is -2.32. The number of aromatic amines is 1. The number of benzene rings is 1. The molecule has 3 aromatic heterocycles. The third-order valence-electron chi connectivity index (χ3n) is 5.65. The van der Waals surface area contributed by atoms with E-state index in [1.807, 2.05) is 32.9 Å². The van der Waals surface area contributed by atoms with Crippen molar-refractivity contribution in [2.24, 2.45) is 0 Å². The standard InChI is InChI=1S/C26H27N5O5/c1-6-31-23-22(25(33)30-26(31)34)17(12-18(29-23)14(2)3)24(32)28-16-8-10-21(27-13-16)36-19-9-7-15(4)11-20(19)35-5/h7-14H,6H2,1-5H3,(H,28,32)(H,30,33,34). The highest BCUT2D eigenvalue weighted by Crippen LogP contribution is 2.31. The first kappa shape index (κ1) is 24.6. The molecule has 0 aliphatic heterocycles. The zero-order valence-corrected chi connectivity index (χ0v) is 20.7. The van der Waals surface area contributed by atoms with Crippen molar-refractivity contribution in [1.82, 2.24) is 19.5 Å². The highest BCUT2D eigenvalue weighted by atomic mass is 16.5. The number of amides is 1. The molecule has 3 heterocycles. The summed E-state index contributed by atoms with van der Waals surface area (Å²) in [7, 11) is 1.56. The van der Waals surface area contributed by atoms with E-state index in [9.17, 15) is 14.4 Å². The summed E-state index contributed by atoms with van der Waals surface area (Å²) in [5, 5.41) is 2.82. The van der Waals surface area contributed by atoms with Crippen LogP contribution >= 0.6 is 0 Å². The van der Waals surface area contributed by atoms with Crippen molar-refractivity contribution in [2.45, 2.75) is 40.2 Å². The smallest absolute Gasteiger partial charge is 0.329 e. The number of aromatic nitrogens is 4. The van der Waals surface area contributed by atoms with Crippen molar-refractivity contribution in [2.75, 3.05) is 12.4 Å². The lowest BCUT2D eigenvalue weighted by Gasteiger charge is -2.14. The molecule has 0 fully saturated rings. The van der Waals surface area contributed by atoms with Gasteiger partial charge in [-0.1, -0.05) is 19.9 Å². The van der Waals surface area contributed by atoms with Gasteiger partial charge in [0, 0.05) is 18.3 Å². The largest absolute Gasteiger partial charge is 0.493 e. The second kappa shape index (κ2) is 10.0. The topological polar surface area (TPSA) is 128 Å². The summed E-state index contributed by atoms with van der Waals surface area (Å²) in [4.78, 5) is 49.3. The van der Waals surface area contributed by atoms with Gasteiger partial charge >= 0.3 is 5.69 Å². The molecule has 2 N–H and O–H groups in total. The third kappa shape index (κ3) is 4.83. The van der Waals surface area contributed by atoms with Crippen LogP contribution in [0.4, 0.5) is 5.69 Å². The van der Waals surface area contributed by atoms with Crippen LogP contribution in [0.2, 0.25) is 0 Å². The zero-order chi connectivity index (χ0) is 26.0. The number of hydrogen-bond acceptors (Lipinski definition) is 7. The first-order valence-electron chi connectivity index (χ1n) is 11.5. The average Bonchev–Trinajstić information content (AvgIpc) is 2.85. The molecule has 1 amide bonds. The second-order valence-corrected chi connectivity index (χ2v) is 8.55. The quantitative estimate of drug-likeness (QED) is 0.402. The molecule has 0 radical (unpaired) electrons. The fraction of sp³-hybridized carbons (Fsp3) is 0.269. The van der Waals surface area contributed by atoms with Crippen LogP contribution in [0.15, 0.2) is 52.2 Å². The number of carbonyl (C=O) groups excluding carboxylic acids is 1. The highest BCUT2D eigenvalue weighted by Gasteiger charge is 2.20. The van der Waals surface area contributed by atoms with Gasteiger partial charge in [0.15, 0.2) is 17.1 Å². The van der Waals surface area contributed by atoms with E-state index in [-0.39, 0.29) is 22.5 Å². The van der Waals surface area contributed by atoms with Crippen LogP contribution in [0.5, 0.6) is 17.4 Å². The number of H-pyrrole nitrogens is 1. The number of nitrogens with zero attached hydrogens (tertiary/aromatic N) is 3. The van der Waals surface area contributed by atoms with Gasteiger partial charge in [-0.15, -0.1) is 0 Å². The predicted octanol–water partition coefficient (Wildman–Crippen LogP) is 3.98. The molecule has 0 aliphatic rings. The molecule has 10 heteroatoms. The minimum absolute atomic E-state index is 0.0301. The van der Waals surface area contributed by atoms with Gasteiger partial charge in [-0.25, -0.2) is 14.8 Å². The van der Waals surface area contributed by atoms with Crippen molar-refractivity contribution in [1.29, 1.82) is 0 Å². The SMILES string of the molecule is CCn1c(=O)[nH]c(=O)c2c(C(=O)Nc3ccc(Oc4ccc(C)cc4OC)nc3)cc(C(C)C)nc21. The number of fused-ring (bicyclic) bond motifs is 1. The van der Waals surface area contributed by atoms with Crippen molar-refractivity contribution >= 4 is 22.6 Å². The molecule has 0 saturated heterocycles. The van der Waals surface area contributed by atoms with Crippen molar-refractivity contribution in [3.05, 3.63) is 80.3 Å². The summed E-state index contributed by atoms with van der Waals surface area (Å²) >= 11 is 0. The molecule has 36 heavy (non-hydrogen) atoms. The van der Waals surface area contributed by atoms with Crippen LogP contribution in [0, 0.1) is 6.92 Å². The molecule has 0 spiro atoms. The summed E-state index contributed by atoms with van der Waals surface area (Å²) < 4.78 is 12.5. The van der Waals surface area contributed by atoms with Crippen LogP contribution in [-0.4, -0.2) is 32.5 Å². The van der Waals surface area contributed by atoms with E-state index in [4.69, 9.17) is 9.47 Å². The van der Waals surface area contributed by atoms with Crippen LogP contribution < -0.4 is 26.0 Å². The Kier molecular flexibility index (Phi) is 6.86. The summed E-state index contributed by atoms with van der Waals surface area (Å²) in [6.45, 7) is 7.85. The van der Waals surface area contributed by atoms with Gasteiger partial charge < -0.3 is 14.8 Å². The van der Waals surface area contributed by atoms with Crippen molar-refractivity contribution < 1.29 is 14.3 Å². The number of carbonyl (C=O) groups is 1. The normalized spacial score (nSPS) is 11.1. The van der Waals surface area contributed by atoms with E-state index in [0.29, 0.717) is 35.3 Å². The molecule has 4 rings (SSSR count). The van der Waals surface area contributed by atoms with Crippen molar-refractivity contribution in [3.63, 3.8) is 0 Å². The lowest BCUT2D eigenvalue weighted by atomic mass is 10.0. The fourth-order valence-corrected chi connectivity index (χ4v) is 3.75. The molecule has 0 atom stereocenters. The number of hydrogen-bond donors (Lipinski definition) is 2. The maximum Gasteiger partial charge on any atom is 0.329 e. The van der Waals surface area contributed by atoms with E-state index < -0.39 is 17.2 Å². The monoisotopic (exact) mass is 489 g/mol. The van der Waals surface area contributed by atoms with Gasteiger partial charge in [0.25, 0.3) is 11.5 Å². The van der Waals surface area contributed by atoms with Gasteiger partial charge in [0.05, 0.1) is 29.9 Å². The van der Waals surface area contributed by atoms with Crippen LogP contribution in [0.25, 0.3) is 11.0 Å². The van der Waals surface area contributed by atoms with E-state index in [1.54, 1.807) is 38.3 Å². The van der Waals surface area contributed by atoms with Gasteiger partial charge in [-0.2, -0.15) is 0 Å². The van der Waals surface area contributed by atoms with Crippen molar-refractivity contribution in [3.8, 4) is 17.4 Å². The van der Waals surface area contributed by atoms with Gasteiger partial charge in [-0.05, 0) is 49.6 Å². The molecule has 0 bridgehead atoms. The Hall–Kier alpha value is -4.47. The molecule has 0 unspecified atom stereocenters.